The lowest BCUT2D eigenvalue weighted by molar-refractivity contribution is -0.135. The van der Waals surface area contributed by atoms with Gasteiger partial charge < -0.3 is 19.9 Å². The van der Waals surface area contributed by atoms with Gasteiger partial charge in [-0.3, -0.25) is 9.59 Å². The Bertz CT molecular complexity index is 802. The number of nitrogens with one attached hydrogen (secondary N) is 1. The summed E-state index contributed by atoms with van der Waals surface area (Å²) in [6, 6.07) is 11.9. The van der Waals surface area contributed by atoms with Crippen molar-refractivity contribution in [2.45, 2.75) is 13.0 Å². The molecular formula is C20H23N3O4S. The number of hydrogen-bond donors (Lipinski definition) is 1. The zero-order valence-corrected chi connectivity index (χ0v) is 16.5. The van der Waals surface area contributed by atoms with Crippen molar-refractivity contribution < 1.29 is 19.1 Å². The Kier molecular flexibility index (Phi) is 6.65. The fourth-order valence-corrected chi connectivity index (χ4v) is 3.68. The van der Waals surface area contributed by atoms with E-state index in [0.717, 1.165) is 5.56 Å². The molecule has 0 saturated carbocycles. The Morgan fingerprint density at radius 3 is 2.32 bits per heavy atom. The van der Waals surface area contributed by atoms with Crippen LogP contribution in [0.3, 0.4) is 0 Å². The number of amides is 3. The first-order valence-corrected chi connectivity index (χ1v) is 10.1. The van der Waals surface area contributed by atoms with Gasteiger partial charge in [0.15, 0.2) is 0 Å². The van der Waals surface area contributed by atoms with Crippen molar-refractivity contribution >= 4 is 29.2 Å². The van der Waals surface area contributed by atoms with Crippen LogP contribution in [0.15, 0.2) is 47.8 Å². The lowest BCUT2D eigenvalue weighted by Gasteiger charge is -2.36. The van der Waals surface area contributed by atoms with E-state index in [1.807, 2.05) is 35.7 Å². The molecule has 0 aliphatic carbocycles. The van der Waals surface area contributed by atoms with Gasteiger partial charge in [-0.2, -0.15) is 0 Å². The molecule has 2 aromatic rings. The van der Waals surface area contributed by atoms with E-state index in [1.54, 1.807) is 28.9 Å². The third kappa shape index (κ3) is 4.69. The highest BCUT2D eigenvalue weighted by molar-refractivity contribution is 7.12. The maximum absolute atomic E-state index is 13.2. The van der Waals surface area contributed by atoms with Crippen LogP contribution in [0, 0.1) is 0 Å². The number of carbonyl (C=O) groups excluding carboxylic acids is 3. The smallest absolute Gasteiger partial charge is 0.409 e. The van der Waals surface area contributed by atoms with Crippen LogP contribution in [-0.2, 0) is 9.53 Å². The van der Waals surface area contributed by atoms with Crippen LogP contribution in [0.4, 0.5) is 4.79 Å². The van der Waals surface area contributed by atoms with Gasteiger partial charge >= 0.3 is 6.09 Å². The highest BCUT2D eigenvalue weighted by atomic mass is 32.1. The molecule has 8 heteroatoms. The normalized spacial score (nSPS) is 15.0. The standard InChI is InChI=1S/C20H23N3O4S/c1-2-27-20(26)23-12-10-22(11-13-23)19(25)17(15-7-4-3-5-8-15)21-18(24)16-9-6-14-28-16/h3-9,14,17H,2,10-13H2,1H3,(H,21,24). The van der Waals surface area contributed by atoms with Crippen LogP contribution in [0.25, 0.3) is 0 Å². The van der Waals surface area contributed by atoms with Crippen LogP contribution < -0.4 is 5.32 Å². The van der Waals surface area contributed by atoms with E-state index in [0.29, 0.717) is 37.7 Å². The molecule has 148 valence electrons. The van der Waals surface area contributed by atoms with Gasteiger partial charge in [0.05, 0.1) is 11.5 Å². The number of hydrogen-bond acceptors (Lipinski definition) is 5. The Labute approximate surface area is 167 Å². The first-order valence-electron chi connectivity index (χ1n) is 9.20. The monoisotopic (exact) mass is 401 g/mol. The molecule has 2 heterocycles. The highest BCUT2D eigenvalue weighted by Gasteiger charge is 2.31. The minimum atomic E-state index is -0.773. The molecule has 1 N–H and O–H groups in total. The molecule has 1 aromatic heterocycles. The molecule has 1 fully saturated rings. The van der Waals surface area contributed by atoms with Gasteiger partial charge in [-0.25, -0.2) is 4.79 Å². The maximum atomic E-state index is 13.2. The Morgan fingerprint density at radius 1 is 1.04 bits per heavy atom. The minimum Gasteiger partial charge on any atom is -0.450 e. The van der Waals surface area contributed by atoms with Crippen molar-refractivity contribution in [2.75, 3.05) is 32.8 Å². The van der Waals surface area contributed by atoms with E-state index in [2.05, 4.69) is 5.32 Å². The van der Waals surface area contributed by atoms with Crippen LogP contribution >= 0.6 is 11.3 Å². The first-order chi connectivity index (χ1) is 13.6. The van der Waals surface area contributed by atoms with Gasteiger partial charge in [-0.05, 0) is 23.9 Å². The summed E-state index contributed by atoms with van der Waals surface area (Å²) in [6.45, 7) is 3.70. The average Bonchev–Trinajstić information content (AvgIpc) is 3.27. The van der Waals surface area contributed by atoms with Gasteiger partial charge in [-0.1, -0.05) is 36.4 Å². The second kappa shape index (κ2) is 9.36. The topological polar surface area (TPSA) is 79.0 Å². The van der Waals surface area contributed by atoms with Crippen molar-refractivity contribution in [1.82, 2.24) is 15.1 Å². The summed E-state index contributed by atoms with van der Waals surface area (Å²) in [6.07, 6.45) is -0.361. The van der Waals surface area contributed by atoms with E-state index < -0.39 is 6.04 Å². The highest BCUT2D eigenvalue weighted by Crippen LogP contribution is 2.19. The number of piperazine rings is 1. The van der Waals surface area contributed by atoms with Gasteiger partial charge in [0.2, 0.25) is 5.91 Å². The average molecular weight is 401 g/mol. The van der Waals surface area contributed by atoms with E-state index >= 15 is 0 Å². The van der Waals surface area contributed by atoms with Crippen LogP contribution in [-0.4, -0.2) is 60.5 Å². The lowest BCUT2D eigenvalue weighted by Crippen LogP contribution is -2.53. The van der Waals surface area contributed by atoms with E-state index in [9.17, 15) is 14.4 Å². The summed E-state index contributed by atoms with van der Waals surface area (Å²) < 4.78 is 5.02. The Balaban J connectivity index is 1.71. The quantitative estimate of drug-likeness (QED) is 0.835. The predicted octanol–water partition coefficient (Wildman–Crippen LogP) is 2.52. The zero-order chi connectivity index (χ0) is 19.9. The molecule has 1 saturated heterocycles. The molecule has 1 aromatic carbocycles. The summed E-state index contributed by atoms with van der Waals surface area (Å²) in [7, 11) is 0. The van der Waals surface area contributed by atoms with E-state index in [4.69, 9.17) is 4.74 Å². The van der Waals surface area contributed by atoms with Crippen molar-refractivity contribution in [1.29, 1.82) is 0 Å². The van der Waals surface area contributed by atoms with Gasteiger partial charge in [0.25, 0.3) is 5.91 Å². The van der Waals surface area contributed by atoms with Crippen LogP contribution in [0.2, 0.25) is 0 Å². The Hall–Kier alpha value is -2.87. The number of rotatable bonds is 5. The van der Waals surface area contributed by atoms with Gasteiger partial charge in [0.1, 0.15) is 6.04 Å². The van der Waals surface area contributed by atoms with Crippen LogP contribution in [0.5, 0.6) is 0 Å². The third-order valence-corrected chi connectivity index (χ3v) is 5.39. The predicted molar refractivity (Wildman–Crippen MR) is 106 cm³/mol. The number of benzene rings is 1. The molecule has 1 atom stereocenters. The summed E-state index contributed by atoms with van der Waals surface area (Å²) in [4.78, 5) is 41.4. The minimum absolute atomic E-state index is 0.181. The molecule has 3 amide bonds. The van der Waals surface area contributed by atoms with Gasteiger partial charge in [0, 0.05) is 26.2 Å². The van der Waals surface area contributed by atoms with Crippen molar-refractivity contribution in [2.24, 2.45) is 0 Å². The Morgan fingerprint density at radius 2 is 1.71 bits per heavy atom. The summed E-state index contributed by atoms with van der Waals surface area (Å²) >= 11 is 1.33. The number of ether oxygens (including phenoxy) is 1. The molecule has 0 bridgehead atoms. The number of thiophene rings is 1. The summed E-state index contributed by atoms with van der Waals surface area (Å²) in [5, 5.41) is 4.68. The first kappa shape index (κ1) is 19.9. The van der Waals surface area contributed by atoms with Crippen molar-refractivity contribution in [3.8, 4) is 0 Å². The number of nitrogens with zero attached hydrogens (tertiary/aromatic N) is 2. The molecule has 28 heavy (non-hydrogen) atoms. The largest absolute Gasteiger partial charge is 0.450 e. The van der Waals surface area contributed by atoms with E-state index in [1.165, 1.54) is 11.3 Å². The maximum Gasteiger partial charge on any atom is 0.409 e. The van der Waals surface area contributed by atoms with Crippen LogP contribution in [0.1, 0.15) is 28.2 Å². The molecular weight excluding hydrogens is 378 g/mol. The molecule has 7 nitrogen and oxygen atoms in total. The summed E-state index contributed by atoms with van der Waals surface area (Å²) in [5.74, 6) is -0.457. The fraction of sp³-hybridized carbons (Fsp3) is 0.350. The second-order valence-corrected chi connectivity index (χ2v) is 7.25. The van der Waals surface area contributed by atoms with Gasteiger partial charge in [-0.15, -0.1) is 11.3 Å². The SMILES string of the molecule is CCOC(=O)N1CCN(C(=O)C(NC(=O)c2cccs2)c2ccccc2)CC1. The zero-order valence-electron chi connectivity index (χ0n) is 15.7. The molecule has 1 aliphatic rings. The molecule has 3 rings (SSSR count). The van der Waals surface area contributed by atoms with E-state index in [-0.39, 0.29) is 17.9 Å². The summed E-state index contributed by atoms with van der Waals surface area (Å²) in [5.41, 5.74) is 0.727. The lowest BCUT2D eigenvalue weighted by atomic mass is 10.0. The third-order valence-electron chi connectivity index (χ3n) is 4.52. The second-order valence-electron chi connectivity index (χ2n) is 6.31. The fourth-order valence-electron chi connectivity index (χ4n) is 3.05. The molecule has 1 aliphatic heterocycles. The molecule has 1 unspecified atom stereocenters. The molecule has 0 radical (unpaired) electrons. The van der Waals surface area contributed by atoms with Crippen molar-refractivity contribution in [3.05, 3.63) is 58.3 Å². The van der Waals surface area contributed by atoms with Crippen molar-refractivity contribution in [3.63, 3.8) is 0 Å². The molecule has 0 spiro atoms. The number of carbonyl (C=O) groups is 3.